The van der Waals surface area contributed by atoms with Crippen LogP contribution in [0.3, 0.4) is 0 Å². The lowest BCUT2D eigenvalue weighted by atomic mass is 10.1. The molecule has 2 rings (SSSR count). The third kappa shape index (κ3) is 3.51. The van der Waals surface area contributed by atoms with Crippen molar-refractivity contribution in [1.82, 2.24) is 5.32 Å². The maximum atomic E-state index is 11.1. The van der Waals surface area contributed by atoms with E-state index in [2.05, 4.69) is 11.6 Å². The summed E-state index contributed by atoms with van der Waals surface area (Å²) >= 11 is 1.95. The minimum atomic E-state index is -0.849. The minimum Gasteiger partial charge on any atom is -0.478 e. The van der Waals surface area contributed by atoms with E-state index in [1.54, 1.807) is 12.1 Å². The molecule has 1 aromatic rings. The molecule has 1 aliphatic rings. The third-order valence-corrected chi connectivity index (χ3v) is 5.38. The van der Waals surface area contributed by atoms with Gasteiger partial charge in [0.25, 0.3) is 0 Å². The molecule has 0 aliphatic heterocycles. The molecule has 104 valence electrons. The first-order chi connectivity index (χ1) is 9.17. The molecule has 1 fully saturated rings. The van der Waals surface area contributed by atoms with Crippen LogP contribution in [-0.4, -0.2) is 28.6 Å². The van der Waals surface area contributed by atoms with E-state index in [9.17, 15) is 4.79 Å². The molecule has 19 heavy (non-hydrogen) atoms. The van der Waals surface area contributed by atoms with Crippen LogP contribution in [0.15, 0.2) is 24.3 Å². The lowest BCUT2D eigenvalue weighted by molar-refractivity contribution is 0.0695. The maximum absolute atomic E-state index is 11.1. The number of carboxylic acid groups (broad SMARTS) is 1. The first kappa shape index (κ1) is 14.4. The standard InChI is InChI=1S/C15H21NO2S/c1-19-15(8-4-5-9-15)11-16-10-12-6-2-3-7-13(12)14(17)18/h2-3,6-7,16H,4-5,8-11H2,1H3,(H,17,18). The molecule has 0 heterocycles. The number of benzene rings is 1. The van der Waals surface area contributed by atoms with Gasteiger partial charge in [0, 0.05) is 17.8 Å². The second kappa shape index (κ2) is 6.44. The van der Waals surface area contributed by atoms with E-state index in [1.807, 2.05) is 23.9 Å². The van der Waals surface area contributed by atoms with E-state index < -0.39 is 5.97 Å². The van der Waals surface area contributed by atoms with Gasteiger partial charge in [0.2, 0.25) is 0 Å². The zero-order valence-electron chi connectivity index (χ0n) is 11.3. The smallest absolute Gasteiger partial charge is 0.336 e. The number of aromatic carboxylic acids is 1. The SMILES string of the molecule is CSC1(CNCc2ccccc2C(=O)O)CCCC1. The van der Waals surface area contributed by atoms with E-state index in [-0.39, 0.29) is 0 Å². The molecule has 0 aromatic heterocycles. The number of thioether (sulfide) groups is 1. The molecular formula is C15H21NO2S. The van der Waals surface area contributed by atoms with E-state index in [0.717, 1.165) is 12.1 Å². The molecule has 0 saturated heterocycles. The Morgan fingerprint density at radius 2 is 2.05 bits per heavy atom. The van der Waals surface area contributed by atoms with Gasteiger partial charge in [-0.25, -0.2) is 4.79 Å². The highest BCUT2D eigenvalue weighted by atomic mass is 32.2. The van der Waals surface area contributed by atoms with Crippen molar-refractivity contribution in [3.8, 4) is 0 Å². The number of carboxylic acids is 1. The van der Waals surface area contributed by atoms with E-state index >= 15 is 0 Å². The molecule has 0 spiro atoms. The topological polar surface area (TPSA) is 49.3 Å². The Bertz CT molecular complexity index is 442. The number of nitrogens with one attached hydrogen (secondary N) is 1. The first-order valence-corrected chi connectivity index (χ1v) is 7.96. The van der Waals surface area contributed by atoms with Gasteiger partial charge in [-0.1, -0.05) is 31.0 Å². The van der Waals surface area contributed by atoms with Gasteiger partial charge in [-0.05, 0) is 30.7 Å². The van der Waals surface area contributed by atoms with Crippen LogP contribution in [0.4, 0.5) is 0 Å². The van der Waals surface area contributed by atoms with Crippen molar-refractivity contribution in [3.05, 3.63) is 35.4 Å². The minimum absolute atomic E-state index is 0.359. The molecule has 0 amide bonds. The first-order valence-electron chi connectivity index (χ1n) is 6.74. The quantitative estimate of drug-likeness (QED) is 0.840. The normalized spacial score (nSPS) is 17.5. The van der Waals surface area contributed by atoms with Crippen molar-refractivity contribution < 1.29 is 9.90 Å². The number of hydrogen-bond donors (Lipinski definition) is 2. The molecule has 2 N–H and O–H groups in total. The molecule has 0 atom stereocenters. The Balaban J connectivity index is 1.94. The van der Waals surface area contributed by atoms with Gasteiger partial charge in [-0.15, -0.1) is 0 Å². The number of carbonyl (C=O) groups is 1. The van der Waals surface area contributed by atoms with Crippen LogP contribution in [0.25, 0.3) is 0 Å². The van der Waals surface area contributed by atoms with E-state index in [0.29, 0.717) is 16.9 Å². The summed E-state index contributed by atoms with van der Waals surface area (Å²) in [5.74, 6) is -0.849. The van der Waals surface area contributed by atoms with Gasteiger partial charge in [0.1, 0.15) is 0 Å². The van der Waals surface area contributed by atoms with Crippen LogP contribution in [0.2, 0.25) is 0 Å². The highest BCUT2D eigenvalue weighted by Crippen LogP contribution is 2.39. The van der Waals surface area contributed by atoms with Gasteiger partial charge >= 0.3 is 5.97 Å². The zero-order chi connectivity index (χ0) is 13.7. The van der Waals surface area contributed by atoms with Crippen LogP contribution < -0.4 is 5.32 Å². The maximum Gasteiger partial charge on any atom is 0.336 e. The molecule has 0 radical (unpaired) electrons. The second-order valence-corrected chi connectivity index (χ2v) is 6.43. The average molecular weight is 279 g/mol. The predicted octanol–water partition coefficient (Wildman–Crippen LogP) is 3.15. The Hall–Kier alpha value is -1.00. The molecule has 1 aliphatic carbocycles. The summed E-state index contributed by atoms with van der Waals surface area (Å²) in [6.45, 7) is 1.59. The predicted molar refractivity (Wildman–Crippen MR) is 79.8 cm³/mol. The van der Waals surface area contributed by atoms with Crippen LogP contribution in [0.1, 0.15) is 41.6 Å². The molecule has 0 bridgehead atoms. The fraction of sp³-hybridized carbons (Fsp3) is 0.533. The Morgan fingerprint density at radius 3 is 2.68 bits per heavy atom. The Kier molecular flexibility index (Phi) is 4.88. The zero-order valence-corrected chi connectivity index (χ0v) is 12.1. The summed E-state index contributed by atoms with van der Waals surface area (Å²) in [5.41, 5.74) is 1.27. The summed E-state index contributed by atoms with van der Waals surface area (Å²) in [7, 11) is 0. The summed E-state index contributed by atoms with van der Waals surface area (Å²) in [6.07, 6.45) is 7.34. The van der Waals surface area contributed by atoms with Crippen LogP contribution >= 0.6 is 11.8 Å². The summed E-state index contributed by atoms with van der Waals surface area (Å²) in [5, 5.41) is 12.6. The molecule has 1 saturated carbocycles. The Labute approximate surface area is 118 Å². The van der Waals surface area contributed by atoms with Crippen LogP contribution in [0, 0.1) is 0 Å². The monoisotopic (exact) mass is 279 g/mol. The fourth-order valence-electron chi connectivity index (χ4n) is 2.78. The molecular weight excluding hydrogens is 258 g/mol. The molecule has 4 heteroatoms. The molecule has 3 nitrogen and oxygen atoms in total. The molecule has 1 aromatic carbocycles. The van der Waals surface area contributed by atoms with Crippen molar-refractivity contribution in [2.75, 3.05) is 12.8 Å². The van der Waals surface area contributed by atoms with Gasteiger partial charge in [-0.2, -0.15) is 11.8 Å². The Morgan fingerprint density at radius 1 is 1.37 bits per heavy atom. The van der Waals surface area contributed by atoms with Crippen molar-refractivity contribution in [3.63, 3.8) is 0 Å². The van der Waals surface area contributed by atoms with Crippen molar-refractivity contribution in [2.24, 2.45) is 0 Å². The van der Waals surface area contributed by atoms with Crippen molar-refractivity contribution in [2.45, 2.75) is 37.0 Å². The molecule has 0 unspecified atom stereocenters. The lowest BCUT2D eigenvalue weighted by Gasteiger charge is -2.27. The highest BCUT2D eigenvalue weighted by Gasteiger charge is 2.32. The van der Waals surface area contributed by atoms with Crippen molar-refractivity contribution >= 4 is 17.7 Å². The fourth-order valence-corrected chi connectivity index (χ4v) is 3.72. The average Bonchev–Trinajstić information content (AvgIpc) is 2.88. The summed E-state index contributed by atoms with van der Waals surface area (Å²) in [4.78, 5) is 11.1. The summed E-state index contributed by atoms with van der Waals surface area (Å²) < 4.78 is 0.359. The highest BCUT2D eigenvalue weighted by molar-refractivity contribution is 8.00. The summed E-state index contributed by atoms with van der Waals surface area (Å²) in [6, 6.07) is 7.22. The number of rotatable bonds is 6. The third-order valence-electron chi connectivity index (χ3n) is 3.96. The van der Waals surface area contributed by atoms with Crippen molar-refractivity contribution in [1.29, 1.82) is 0 Å². The van der Waals surface area contributed by atoms with Gasteiger partial charge in [0.05, 0.1) is 5.56 Å². The van der Waals surface area contributed by atoms with Gasteiger partial charge in [0.15, 0.2) is 0 Å². The lowest BCUT2D eigenvalue weighted by Crippen LogP contribution is -2.35. The van der Waals surface area contributed by atoms with Crippen LogP contribution in [0.5, 0.6) is 0 Å². The van der Waals surface area contributed by atoms with E-state index in [1.165, 1.54) is 25.7 Å². The number of hydrogen-bond acceptors (Lipinski definition) is 3. The van der Waals surface area contributed by atoms with Gasteiger partial charge < -0.3 is 10.4 Å². The van der Waals surface area contributed by atoms with Gasteiger partial charge in [-0.3, -0.25) is 0 Å². The van der Waals surface area contributed by atoms with E-state index in [4.69, 9.17) is 5.11 Å². The second-order valence-electron chi connectivity index (χ2n) is 5.16. The van der Waals surface area contributed by atoms with Crippen LogP contribution in [-0.2, 0) is 6.54 Å². The largest absolute Gasteiger partial charge is 0.478 e.